The maximum absolute atomic E-state index is 5.88. The van der Waals surface area contributed by atoms with Gasteiger partial charge in [-0.05, 0) is 22.0 Å². The minimum Gasteiger partial charge on any atom is -0.383 e. The summed E-state index contributed by atoms with van der Waals surface area (Å²) in [6.45, 7) is 0.764. The Kier molecular flexibility index (Phi) is 2.71. The van der Waals surface area contributed by atoms with Crippen LogP contribution in [0.1, 0.15) is 6.42 Å². The van der Waals surface area contributed by atoms with Gasteiger partial charge in [0, 0.05) is 31.6 Å². The number of rotatable bonds is 2. The highest BCUT2D eigenvalue weighted by Crippen LogP contribution is 2.27. The van der Waals surface area contributed by atoms with Gasteiger partial charge in [-0.25, -0.2) is 9.69 Å². The van der Waals surface area contributed by atoms with Crippen LogP contribution in [0.4, 0.5) is 11.8 Å². The lowest BCUT2D eigenvalue weighted by Crippen LogP contribution is -2.18. The number of nitrogens with two attached hydrogens (primary N) is 1. The summed E-state index contributed by atoms with van der Waals surface area (Å²) >= 11 is 3.38. The predicted octanol–water partition coefficient (Wildman–Crippen LogP) is 1.20. The Hall–Kier alpha value is -1.96. The summed E-state index contributed by atoms with van der Waals surface area (Å²) in [7, 11) is 0. The van der Waals surface area contributed by atoms with E-state index >= 15 is 0 Å². The smallest absolute Gasteiger partial charge is 0.250 e. The molecule has 0 bridgehead atoms. The lowest BCUT2D eigenvalue weighted by Gasteiger charge is -2.14. The minimum absolute atomic E-state index is 0.368. The Morgan fingerprint density at radius 2 is 2.22 bits per heavy atom. The molecule has 3 rings (SSSR count). The lowest BCUT2D eigenvalue weighted by molar-refractivity contribution is 0.807. The first-order chi connectivity index (χ1) is 8.75. The van der Waals surface area contributed by atoms with Crippen LogP contribution in [0.3, 0.4) is 0 Å². The van der Waals surface area contributed by atoms with Crippen molar-refractivity contribution in [2.75, 3.05) is 17.3 Å². The second-order valence-electron chi connectivity index (χ2n) is 3.71. The summed E-state index contributed by atoms with van der Waals surface area (Å²) in [5.41, 5.74) is 5.88. The van der Waals surface area contributed by atoms with Gasteiger partial charge in [0.15, 0.2) is 5.82 Å². The molecule has 1 aliphatic heterocycles. The molecule has 0 saturated heterocycles. The first-order valence-electron chi connectivity index (χ1n) is 5.39. The average molecular weight is 308 g/mol. The number of nitrogen functional groups attached to an aromatic ring is 1. The molecule has 0 spiro atoms. The summed E-state index contributed by atoms with van der Waals surface area (Å²) < 4.78 is 2.25. The maximum atomic E-state index is 5.88. The summed E-state index contributed by atoms with van der Waals surface area (Å²) in [6.07, 6.45) is 6.19. The summed E-state index contributed by atoms with van der Waals surface area (Å²) in [5, 5.41) is 10.0. The van der Waals surface area contributed by atoms with Crippen molar-refractivity contribution in [3.05, 3.63) is 22.9 Å². The monoisotopic (exact) mass is 307 g/mol. The molecular weight excluding hydrogens is 298 g/mol. The van der Waals surface area contributed by atoms with Crippen LogP contribution in [0.2, 0.25) is 0 Å². The highest BCUT2D eigenvalue weighted by Gasteiger charge is 2.17. The Bertz CT molecular complexity index is 593. The van der Waals surface area contributed by atoms with Crippen LogP contribution >= 0.6 is 15.9 Å². The molecule has 0 aliphatic carbocycles. The van der Waals surface area contributed by atoms with E-state index in [0.717, 1.165) is 13.0 Å². The molecule has 0 saturated carbocycles. The van der Waals surface area contributed by atoms with Crippen LogP contribution in [-0.2, 0) is 0 Å². The standard InChI is InChI=1S/C10H10BrN7/c11-7-8(12)15-10(18-6-2-4-14-18)16-9(7)17-5-1-3-13-17/h1,3-5H,2,6H2,(H2,12,15,16). The molecule has 0 amide bonds. The van der Waals surface area contributed by atoms with Gasteiger partial charge in [0.05, 0.1) is 0 Å². The third-order valence-electron chi connectivity index (χ3n) is 2.49. The number of anilines is 2. The van der Waals surface area contributed by atoms with Crippen LogP contribution in [0.25, 0.3) is 5.82 Å². The zero-order valence-corrected chi connectivity index (χ0v) is 10.9. The molecule has 0 unspecified atom stereocenters. The van der Waals surface area contributed by atoms with Crippen LogP contribution in [0.5, 0.6) is 0 Å². The zero-order valence-electron chi connectivity index (χ0n) is 9.36. The SMILES string of the molecule is Nc1nc(N2CCC=N2)nc(-n2cccn2)c1Br. The molecule has 3 heterocycles. The third kappa shape index (κ3) is 1.84. The zero-order chi connectivity index (χ0) is 12.5. The number of aromatic nitrogens is 4. The number of halogens is 1. The van der Waals surface area contributed by atoms with Crippen LogP contribution in [-0.4, -0.2) is 32.5 Å². The van der Waals surface area contributed by atoms with Gasteiger partial charge in [-0.1, -0.05) is 0 Å². The maximum Gasteiger partial charge on any atom is 0.250 e. The number of hydrogen-bond donors (Lipinski definition) is 1. The molecule has 2 aromatic rings. The molecular formula is C10H10BrN7. The topological polar surface area (TPSA) is 85.2 Å². The van der Waals surface area contributed by atoms with Gasteiger partial charge in [0.1, 0.15) is 10.3 Å². The number of hydrazone groups is 1. The minimum atomic E-state index is 0.368. The van der Waals surface area contributed by atoms with Crippen molar-refractivity contribution in [2.45, 2.75) is 6.42 Å². The largest absolute Gasteiger partial charge is 0.383 e. The van der Waals surface area contributed by atoms with Gasteiger partial charge in [-0.3, -0.25) is 0 Å². The molecule has 0 atom stereocenters. The van der Waals surface area contributed by atoms with Crippen LogP contribution < -0.4 is 10.7 Å². The van der Waals surface area contributed by atoms with Crippen LogP contribution in [0, 0.1) is 0 Å². The highest BCUT2D eigenvalue weighted by atomic mass is 79.9. The summed E-state index contributed by atoms with van der Waals surface area (Å²) in [4.78, 5) is 8.65. The van der Waals surface area contributed by atoms with E-state index < -0.39 is 0 Å². The molecule has 1 aliphatic rings. The second-order valence-corrected chi connectivity index (χ2v) is 4.50. The van der Waals surface area contributed by atoms with E-state index in [1.54, 1.807) is 22.1 Å². The van der Waals surface area contributed by atoms with Gasteiger partial charge in [-0.2, -0.15) is 20.2 Å². The highest BCUT2D eigenvalue weighted by molar-refractivity contribution is 9.10. The van der Waals surface area contributed by atoms with Gasteiger partial charge in [0.2, 0.25) is 5.95 Å². The first kappa shape index (κ1) is 11.1. The van der Waals surface area contributed by atoms with Crippen molar-refractivity contribution in [2.24, 2.45) is 5.10 Å². The van der Waals surface area contributed by atoms with E-state index in [0.29, 0.717) is 22.1 Å². The molecule has 18 heavy (non-hydrogen) atoms. The van der Waals surface area contributed by atoms with Gasteiger partial charge in [-0.15, -0.1) is 0 Å². The van der Waals surface area contributed by atoms with Crippen molar-refractivity contribution in [3.8, 4) is 5.82 Å². The predicted molar refractivity (Wildman–Crippen MR) is 71.7 cm³/mol. The van der Waals surface area contributed by atoms with E-state index in [1.165, 1.54) is 0 Å². The quantitative estimate of drug-likeness (QED) is 0.901. The molecule has 0 fully saturated rings. The van der Waals surface area contributed by atoms with E-state index in [2.05, 4.69) is 36.1 Å². The molecule has 2 aromatic heterocycles. The Labute approximate surface area is 111 Å². The van der Waals surface area contributed by atoms with E-state index in [1.807, 2.05) is 12.3 Å². The molecule has 2 N–H and O–H groups in total. The van der Waals surface area contributed by atoms with E-state index in [-0.39, 0.29) is 0 Å². The lowest BCUT2D eigenvalue weighted by atomic mass is 10.5. The van der Waals surface area contributed by atoms with Crippen LogP contribution in [0.15, 0.2) is 28.0 Å². The Balaban J connectivity index is 2.10. The van der Waals surface area contributed by atoms with Gasteiger partial charge < -0.3 is 5.73 Å². The van der Waals surface area contributed by atoms with Crippen molar-refractivity contribution in [1.29, 1.82) is 0 Å². The first-order valence-corrected chi connectivity index (χ1v) is 6.18. The molecule has 8 heteroatoms. The molecule has 0 radical (unpaired) electrons. The van der Waals surface area contributed by atoms with Crippen molar-refractivity contribution in [3.63, 3.8) is 0 Å². The van der Waals surface area contributed by atoms with Crippen molar-refractivity contribution in [1.82, 2.24) is 19.7 Å². The molecule has 0 aromatic carbocycles. The Morgan fingerprint density at radius 3 is 2.89 bits per heavy atom. The summed E-state index contributed by atoms with van der Waals surface area (Å²) in [6, 6.07) is 1.82. The fraction of sp³-hybridized carbons (Fsp3) is 0.200. The number of hydrogen-bond acceptors (Lipinski definition) is 6. The third-order valence-corrected chi connectivity index (χ3v) is 3.25. The van der Waals surface area contributed by atoms with Crippen molar-refractivity contribution < 1.29 is 0 Å². The van der Waals surface area contributed by atoms with Gasteiger partial charge in [0.25, 0.3) is 0 Å². The summed E-state index contributed by atoms with van der Waals surface area (Å²) in [5.74, 6) is 1.45. The normalized spacial score (nSPS) is 14.4. The fourth-order valence-corrected chi connectivity index (χ4v) is 2.01. The Morgan fingerprint density at radius 1 is 1.33 bits per heavy atom. The van der Waals surface area contributed by atoms with Gasteiger partial charge >= 0.3 is 0 Å². The van der Waals surface area contributed by atoms with E-state index in [9.17, 15) is 0 Å². The fourth-order valence-electron chi connectivity index (χ4n) is 1.65. The van der Waals surface area contributed by atoms with E-state index in [4.69, 9.17) is 5.73 Å². The van der Waals surface area contributed by atoms with Crippen molar-refractivity contribution >= 4 is 33.9 Å². The molecule has 92 valence electrons. The molecule has 7 nitrogen and oxygen atoms in total. The number of nitrogens with zero attached hydrogens (tertiary/aromatic N) is 6. The average Bonchev–Trinajstić information content (AvgIpc) is 3.03. The second kappa shape index (κ2) is 4.37.